The number of aromatic amines is 1. The molecule has 1 atom stereocenters. The number of hydrogen-bond donors (Lipinski definition) is 3. The van der Waals surface area contributed by atoms with Crippen LogP contribution in [-0.2, 0) is 11.2 Å². The predicted molar refractivity (Wildman–Crippen MR) is 143 cm³/mol. The van der Waals surface area contributed by atoms with Crippen molar-refractivity contribution in [2.45, 2.75) is 38.8 Å². The van der Waals surface area contributed by atoms with Gasteiger partial charge in [-0.05, 0) is 44.4 Å². The summed E-state index contributed by atoms with van der Waals surface area (Å²) >= 11 is 1.37. The number of ether oxygens (including phenoxy) is 1. The van der Waals surface area contributed by atoms with E-state index >= 15 is 0 Å². The summed E-state index contributed by atoms with van der Waals surface area (Å²) in [4.78, 5) is 26.0. The Morgan fingerprint density at radius 1 is 1.03 bits per heavy atom. The van der Waals surface area contributed by atoms with Crippen LogP contribution in [0.1, 0.15) is 36.0 Å². The van der Waals surface area contributed by atoms with Crippen LogP contribution in [0.25, 0.3) is 22.4 Å². The molecule has 186 valence electrons. The summed E-state index contributed by atoms with van der Waals surface area (Å²) in [5, 5.41) is 15.1. The Morgan fingerprint density at radius 3 is 2.42 bits per heavy atom. The molecule has 8 heteroatoms. The highest BCUT2D eigenvalue weighted by atomic mass is 32.1. The van der Waals surface area contributed by atoms with Crippen molar-refractivity contribution in [3.05, 3.63) is 88.7 Å². The van der Waals surface area contributed by atoms with Crippen molar-refractivity contribution < 1.29 is 14.3 Å². The average molecular weight is 503 g/mol. The number of amides is 2. The van der Waals surface area contributed by atoms with E-state index in [2.05, 4.69) is 20.8 Å². The molecule has 0 aliphatic carbocycles. The molecule has 4 aromatic rings. The van der Waals surface area contributed by atoms with Gasteiger partial charge in [0.05, 0.1) is 22.8 Å². The van der Waals surface area contributed by atoms with E-state index in [-0.39, 0.29) is 18.5 Å². The van der Waals surface area contributed by atoms with E-state index in [1.165, 1.54) is 11.3 Å². The van der Waals surface area contributed by atoms with E-state index in [0.717, 1.165) is 27.9 Å². The first kappa shape index (κ1) is 25.2. The highest BCUT2D eigenvalue weighted by Crippen LogP contribution is 2.32. The second kappa shape index (κ2) is 11.2. The quantitative estimate of drug-likeness (QED) is 0.289. The lowest BCUT2D eigenvalue weighted by Gasteiger charge is -2.22. The summed E-state index contributed by atoms with van der Waals surface area (Å²) in [6, 6.07) is 21.4. The van der Waals surface area contributed by atoms with E-state index in [4.69, 9.17) is 4.74 Å². The molecule has 2 heterocycles. The maximum absolute atomic E-state index is 13.2. The summed E-state index contributed by atoms with van der Waals surface area (Å²) in [5.41, 5.74) is 4.25. The number of benzene rings is 2. The van der Waals surface area contributed by atoms with Gasteiger partial charge in [-0.3, -0.25) is 9.89 Å². The molecular formula is C28H30N4O3S. The van der Waals surface area contributed by atoms with Crippen molar-refractivity contribution in [3.8, 4) is 22.4 Å². The number of alkyl carbamates (subject to hydrolysis) is 1. The van der Waals surface area contributed by atoms with Crippen LogP contribution in [0.3, 0.4) is 0 Å². The van der Waals surface area contributed by atoms with Crippen molar-refractivity contribution >= 4 is 23.3 Å². The third kappa shape index (κ3) is 6.82. The molecular weight excluding hydrogens is 472 g/mol. The van der Waals surface area contributed by atoms with Gasteiger partial charge in [0.2, 0.25) is 0 Å². The van der Waals surface area contributed by atoms with Gasteiger partial charge in [-0.1, -0.05) is 60.7 Å². The second-order valence-electron chi connectivity index (χ2n) is 9.47. The number of rotatable bonds is 8. The first-order valence-corrected chi connectivity index (χ1v) is 12.7. The van der Waals surface area contributed by atoms with Gasteiger partial charge < -0.3 is 15.4 Å². The van der Waals surface area contributed by atoms with E-state index in [1.807, 2.05) is 92.9 Å². The van der Waals surface area contributed by atoms with Crippen LogP contribution in [-0.4, -0.2) is 40.4 Å². The Morgan fingerprint density at radius 2 is 1.72 bits per heavy atom. The fourth-order valence-corrected chi connectivity index (χ4v) is 4.58. The molecule has 0 spiro atoms. The van der Waals surface area contributed by atoms with Gasteiger partial charge >= 0.3 is 6.09 Å². The maximum Gasteiger partial charge on any atom is 0.407 e. The molecule has 4 rings (SSSR count). The van der Waals surface area contributed by atoms with Gasteiger partial charge in [0, 0.05) is 23.1 Å². The number of H-pyrrole nitrogens is 1. The zero-order valence-electron chi connectivity index (χ0n) is 20.6. The highest BCUT2D eigenvalue weighted by molar-refractivity contribution is 7.12. The summed E-state index contributed by atoms with van der Waals surface area (Å²) in [6.07, 6.45) is 1.85. The number of thiophene rings is 1. The van der Waals surface area contributed by atoms with Gasteiger partial charge in [-0.2, -0.15) is 5.10 Å². The van der Waals surface area contributed by atoms with Gasteiger partial charge in [-0.15, -0.1) is 11.3 Å². The molecule has 1 unspecified atom stereocenters. The van der Waals surface area contributed by atoms with E-state index in [0.29, 0.717) is 11.3 Å². The van der Waals surface area contributed by atoms with Crippen molar-refractivity contribution in [2.75, 3.05) is 6.54 Å². The van der Waals surface area contributed by atoms with Crippen LogP contribution >= 0.6 is 11.3 Å². The van der Waals surface area contributed by atoms with Crippen LogP contribution in [0.4, 0.5) is 4.79 Å². The SMILES string of the molecule is CC(C)(C)OC(=O)NCC(Cc1ccccc1)NC(=O)c1cc(-c2[nH]ncc2-c2ccccc2)cs1. The standard InChI is InChI=1S/C28H30N4O3S/c1-28(2,3)35-27(34)29-16-22(14-19-10-6-4-7-11-19)31-26(33)24-15-21(18-36-24)25-23(17-30-32-25)20-12-8-5-9-13-20/h4-13,15,17-18,22H,14,16H2,1-3H3,(H,29,34)(H,30,32)(H,31,33). The third-order valence-corrected chi connectivity index (χ3v) is 6.32. The molecule has 0 radical (unpaired) electrons. The molecule has 0 bridgehead atoms. The summed E-state index contributed by atoms with van der Waals surface area (Å²) in [7, 11) is 0. The van der Waals surface area contributed by atoms with Crippen LogP contribution in [0.5, 0.6) is 0 Å². The molecule has 0 saturated heterocycles. The largest absolute Gasteiger partial charge is 0.444 e. The first-order chi connectivity index (χ1) is 17.3. The third-order valence-electron chi connectivity index (χ3n) is 5.39. The Bertz CT molecular complexity index is 1290. The zero-order valence-corrected chi connectivity index (χ0v) is 21.4. The van der Waals surface area contributed by atoms with Gasteiger partial charge in [0.1, 0.15) is 5.60 Å². The molecule has 2 aromatic carbocycles. The minimum atomic E-state index is -0.596. The van der Waals surface area contributed by atoms with Crippen LogP contribution in [0, 0.1) is 0 Å². The molecule has 0 aliphatic rings. The Balaban J connectivity index is 1.47. The van der Waals surface area contributed by atoms with Crippen LogP contribution in [0.15, 0.2) is 78.3 Å². The molecule has 36 heavy (non-hydrogen) atoms. The zero-order chi connectivity index (χ0) is 25.5. The number of aromatic nitrogens is 2. The number of nitrogens with one attached hydrogen (secondary N) is 3. The number of hydrogen-bond acceptors (Lipinski definition) is 5. The second-order valence-corrected chi connectivity index (χ2v) is 10.4. The fourth-order valence-electron chi connectivity index (χ4n) is 3.78. The lowest BCUT2D eigenvalue weighted by Crippen LogP contribution is -2.45. The molecule has 0 aliphatic heterocycles. The minimum Gasteiger partial charge on any atom is -0.444 e. The van der Waals surface area contributed by atoms with Crippen LogP contribution in [0.2, 0.25) is 0 Å². The molecule has 2 amide bonds. The number of carbonyl (C=O) groups is 2. The molecule has 3 N–H and O–H groups in total. The molecule has 7 nitrogen and oxygen atoms in total. The van der Waals surface area contributed by atoms with Gasteiger partial charge in [-0.25, -0.2) is 4.79 Å². The molecule has 2 aromatic heterocycles. The first-order valence-electron chi connectivity index (χ1n) is 11.8. The lowest BCUT2D eigenvalue weighted by molar-refractivity contribution is 0.0520. The maximum atomic E-state index is 13.2. The molecule has 0 saturated carbocycles. The Kier molecular flexibility index (Phi) is 7.85. The van der Waals surface area contributed by atoms with E-state index < -0.39 is 11.7 Å². The summed E-state index contributed by atoms with van der Waals surface area (Å²) in [5.74, 6) is -0.195. The number of carbonyl (C=O) groups excluding carboxylic acids is 2. The normalized spacial score (nSPS) is 12.1. The van der Waals surface area contributed by atoms with Crippen molar-refractivity contribution in [2.24, 2.45) is 0 Å². The van der Waals surface area contributed by atoms with Crippen molar-refractivity contribution in [1.82, 2.24) is 20.8 Å². The smallest absolute Gasteiger partial charge is 0.407 e. The van der Waals surface area contributed by atoms with Gasteiger partial charge in [0.15, 0.2) is 0 Å². The molecule has 0 fully saturated rings. The Labute approximate surface area is 214 Å². The number of nitrogens with zero attached hydrogens (tertiary/aromatic N) is 1. The van der Waals surface area contributed by atoms with Crippen LogP contribution < -0.4 is 10.6 Å². The topological polar surface area (TPSA) is 96.1 Å². The van der Waals surface area contributed by atoms with Crippen molar-refractivity contribution in [3.63, 3.8) is 0 Å². The summed E-state index contributed by atoms with van der Waals surface area (Å²) in [6.45, 7) is 5.68. The average Bonchev–Trinajstić information content (AvgIpc) is 3.52. The predicted octanol–water partition coefficient (Wildman–Crippen LogP) is 5.67. The monoisotopic (exact) mass is 502 g/mol. The van der Waals surface area contributed by atoms with E-state index in [1.54, 1.807) is 6.20 Å². The van der Waals surface area contributed by atoms with E-state index in [9.17, 15) is 9.59 Å². The minimum absolute atomic E-state index is 0.195. The summed E-state index contributed by atoms with van der Waals surface area (Å²) < 4.78 is 5.35. The lowest BCUT2D eigenvalue weighted by atomic mass is 10.0. The highest BCUT2D eigenvalue weighted by Gasteiger charge is 2.21. The van der Waals surface area contributed by atoms with Crippen molar-refractivity contribution in [1.29, 1.82) is 0 Å². The van der Waals surface area contributed by atoms with Gasteiger partial charge in [0.25, 0.3) is 5.91 Å². The Hall–Kier alpha value is -3.91. The fraction of sp³-hybridized carbons (Fsp3) is 0.250.